The molecule has 0 aromatic heterocycles. The van der Waals surface area contributed by atoms with Gasteiger partial charge in [0.05, 0.1) is 0 Å². The smallest absolute Gasteiger partial charge is 0.175 e. The van der Waals surface area contributed by atoms with E-state index in [9.17, 15) is 13.5 Å². The molecule has 0 aliphatic rings. The molecule has 0 heterocycles. The summed E-state index contributed by atoms with van der Waals surface area (Å²) in [5.74, 6) is -0.116. The molecular weight excluding hydrogens is 295 g/mol. The fourth-order valence-electron chi connectivity index (χ4n) is 1.72. The Morgan fingerprint density at radius 1 is 1.28 bits per heavy atom. The van der Waals surface area contributed by atoms with Crippen molar-refractivity contribution < 1.29 is 13.5 Å². The Morgan fingerprint density at radius 2 is 1.78 bits per heavy atom. The molecule has 0 aliphatic carbocycles. The van der Waals surface area contributed by atoms with Crippen molar-refractivity contribution in [3.05, 3.63) is 34.9 Å². The van der Waals surface area contributed by atoms with Gasteiger partial charge >= 0.3 is 0 Å². The molecule has 0 saturated carbocycles. The maximum Gasteiger partial charge on any atom is 0.175 e. The molecule has 0 radical (unpaired) electrons. The van der Waals surface area contributed by atoms with Crippen molar-refractivity contribution >= 4 is 33.0 Å². The van der Waals surface area contributed by atoms with E-state index in [4.69, 9.17) is 23.2 Å². The summed E-state index contributed by atoms with van der Waals surface area (Å²) in [6.07, 6.45) is -1.17. The predicted molar refractivity (Wildman–Crippen MR) is 74.7 cm³/mol. The first-order valence-electron chi connectivity index (χ1n) is 5.63. The largest absolute Gasteiger partial charge is 0.385 e. The summed E-state index contributed by atoms with van der Waals surface area (Å²) in [5.41, 5.74) is 0.438. The summed E-state index contributed by atoms with van der Waals surface area (Å²) in [5, 5.41) is 10.8. The van der Waals surface area contributed by atoms with Gasteiger partial charge in [-0.2, -0.15) is 0 Å². The summed E-state index contributed by atoms with van der Waals surface area (Å²) in [4.78, 5) is 0. The van der Waals surface area contributed by atoms with Gasteiger partial charge in [-0.05, 0) is 24.1 Å². The molecule has 0 unspecified atom stereocenters. The number of sulfone groups is 1. The van der Waals surface area contributed by atoms with Gasteiger partial charge in [0, 0.05) is 10.8 Å². The minimum atomic E-state index is -3.58. The summed E-state index contributed by atoms with van der Waals surface area (Å²) in [6.45, 7) is 3.15. The van der Waals surface area contributed by atoms with Crippen LogP contribution in [0.3, 0.4) is 0 Å². The predicted octanol–water partition coefficient (Wildman–Crippen LogP) is 3.15. The van der Waals surface area contributed by atoms with E-state index >= 15 is 0 Å². The maximum atomic E-state index is 12.0. The summed E-state index contributed by atoms with van der Waals surface area (Å²) >= 11 is 11.9. The van der Waals surface area contributed by atoms with Crippen LogP contribution >= 0.6 is 23.2 Å². The Hall–Kier alpha value is -0.290. The third-order valence-electron chi connectivity index (χ3n) is 2.97. The molecule has 0 bridgehead atoms. The van der Waals surface area contributed by atoms with Gasteiger partial charge in [-0.25, -0.2) is 8.42 Å². The fraction of sp³-hybridized carbons (Fsp3) is 0.500. The van der Waals surface area contributed by atoms with Gasteiger partial charge in [-0.3, -0.25) is 0 Å². The minimum Gasteiger partial charge on any atom is -0.385 e. The van der Waals surface area contributed by atoms with Crippen molar-refractivity contribution in [1.82, 2.24) is 0 Å². The molecule has 3 nitrogen and oxygen atoms in total. The Labute approximate surface area is 118 Å². The van der Waals surface area contributed by atoms with Crippen LogP contribution in [0.15, 0.2) is 24.3 Å². The molecule has 0 aliphatic heterocycles. The van der Waals surface area contributed by atoms with E-state index in [0.29, 0.717) is 10.6 Å². The molecule has 1 N–H and O–H groups in total. The maximum absolute atomic E-state index is 12.0. The second kappa shape index (κ2) is 5.78. The number of rotatable bonds is 5. The lowest BCUT2D eigenvalue weighted by atomic mass is 10.0. The van der Waals surface area contributed by atoms with Crippen molar-refractivity contribution in [3.63, 3.8) is 0 Å². The first kappa shape index (κ1) is 15.8. The molecule has 0 fully saturated rings. The third kappa shape index (κ3) is 2.82. The number of hydrogen-bond acceptors (Lipinski definition) is 3. The Bertz CT molecular complexity index is 499. The van der Waals surface area contributed by atoms with E-state index < -0.39 is 20.1 Å². The van der Waals surface area contributed by atoms with Crippen LogP contribution in [0.5, 0.6) is 0 Å². The molecule has 1 rings (SSSR count). The van der Waals surface area contributed by atoms with Crippen LogP contribution in [0.4, 0.5) is 0 Å². The molecular formula is C12H16Cl2O3S. The van der Waals surface area contributed by atoms with Crippen molar-refractivity contribution in [2.45, 2.75) is 30.6 Å². The van der Waals surface area contributed by atoms with Crippen LogP contribution in [-0.4, -0.2) is 23.5 Å². The molecule has 18 heavy (non-hydrogen) atoms. The zero-order chi connectivity index (χ0) is 14.0. The van der Waals surface area contributed by atoms with Crippen molar-refractivity contribution in [2.75, 3.05) is 5.75 Å². The van der Waals surface area contributed by atoms with Crippen LogP contribution in [0.2, 0.25) is 5.02 Å². The van der Waals surface area contributed by atoms with Crippen LogP contribution < -0.4 is 0 Å². The molecule has 0 spiro atoms. The number of benzene rings is 1. The highest BCUT2D eigenvalue weighted by molar-refractivity contribution is 7.94. The number of halogens is 2. The normalized spacial score (nSPS) is 17.2. The Kier molecular flexibility index (Phi) is 5.06. The number of alkyl halides is 1. The van der Waals surface area contributed by atoms with Crippen LogP contribution in [0.1, 0.15) is 31.9 Å². The minimum absolute atomic E-state index is 0.116. The highest BCUT2D eigenvalue weighted by Crippen LogP contribution is 2.40. The standard InChI is InChI=1S/C12H16Cl2O3S/c1-3-12(14,18(16,17)4-2)11(15)9-5-7-10(13)8-6-9/h5-8,11,15H,3-4H2,1-2H3/t11-,12-/m0/s1. The molecule has 2 atom stereocenters. The van der Waals surface area contributed by atoms with Crippen molar-refractivity contribution in [2.24, 2.45) is 0 Å². The molecule has 0 amide bonds. The second-order valence-corrected chi connectivity index (χ2v) is 7.87. The van der Waals surface area contributed by atoms with Gasteiger partial charge in [0.25, 0.3) is 0 Å². The van der Waals surface area contributed by atoms with E-state index in [0.717, 1.165) is 0 Å². The van der Waals surface area contributed by atoms with E-state index in [2.05, 4.69) is 0 Å². The topological polar surface area (TPSA) is 54.4 Å². The molecule has 102 valence electrons. The van der Waals surface area contributed by atoms with Gasteiger partial charge in [0.1, 0.15) is 6.10 Å². The molecule has 1 aromatic rings. The number of hydrogen-bond donors (Lipinski definition) is 1. The zero-order valence-electron chi connectivity index (χ0n) is 10.2. The first-order valence-corrected chi connectivity index (χ1v) is 8.04. The lowest BCUT2D eigenvalue weighted by Crippen LogP contribution is -2.39. The van der Waals surface area contributed by atoms with E-state index in [-0.39, 0.29) is 12.2 Å². The van der Waals surface area contributed by atoms with Crippen LogP contribution in [0.25, 0.3) is 0 Å². The monoisotopic (exact) mass is 310 g/mol. The van der Waals surface area contributed by atoms with E-state index in [1.165, 1.54) is 6.92 Å². The SMILES string of the molecule is CC[C@@](Cl)([C@@H](O)c1ccc(Cl)cc1)S(=O)(=O)CC. The number of aliphatic hydroxyl groups is 1. The summed E-state index contributed by atoms with van der Waals surface area (Å²) in [6, 6.07) is 6.33. The van der Waals surface area contributed by atoms with Gasteiger partial charge in [-0.1, -0.05) is 49.2 Å². The molecule has 0 saturated heterocycles. The average Bonchev–Trinajstić information content (AvgIpc) is 2.37. The summed E-state index contributed by atoms with van der Waals surface area (Å²) < 4.78 is 22.3. The molecule has 6 heteroatoms. The summed E-state index contributed by atoms with van der Waals surface area (Å²) in [7, 11) is -3.58. The Morgan fingerprint density at radius 3 is 2.17 bits per heavy atom. The van der Waals surface area contributed by atoms with E-state index in [1.807, 2.05) is 0 Å². The Balaban J connectivity index is 3.21. The van der Waals surface area contributed by atoms with Crippen molar-refractivity contribution in [1.29, 1.82) is 0 Å². The second-order valence-electron chi connectivity index (χ2n) is 4.00. The van der Waals surface area contributed by atoms with Gasteiger partial charge in [0.15, 0.2) is 14.0 Å². The van der Waals surface area contributed by atoms with Gasteiger partial charge < -0.3 is 5.11 Å². The van der Waals surface area contributed by atoms with Crippen LogP contribution in [0, 0.1) is 0 Å². The van der Waals surface area contributed by atoms with E-state index in [1.54, 1.807) is 31.2 Å². The average molecular weight is 311 g/mol. The quantitative estimate of drug-likeness (QED) is 0.850. The van der Waals surface area contributed by atoms with Crippen LogP contribution in [-0.2, 0) is 9.84 Å². The van der Waals surface area contributed by atoms with Crippen molar-refractivity contribution in [3.8, 4) is 0 Å². The third-order valence-corrected chi connectivity index (χ3v) is 6.71. The fourth-order valence-corrected chi connectivity index (χ4v) is 3.69. The van der Waals surface area contributed by atoms with Gasteiger partial charge in [0.2, 0.25) is 0 Å². The highest BCUT2D eigenvalue weighted by Gasteiger charge is 2.46. The van der Waals surface area contributed by atoms with Gasteiger partial charge in [-0.15, -0.1) is 0 Å². The first-order chi connectivity index (χ1) is 8.28. The zero-order valence-corrected chi connectivity index (χ0v) is 12.6. The lowest BCUT2D eigenvalue weighted by molar-refractivity contribution is 0.154. The molecule has 1 aromatic carbocycles. The highest BCUT2D eigenvalue weighted by atomic mass is 35.5. The number of aliphatic hydroxyl groups excluding tert-OH is 1. The lowest BCUT2D eigenvalue weighted by Gasteiger charge is -2.30.